The first-order valence-electron chi connectivity index (χ1n) is 12.7. The van der Waals surface area contributed by atoms with Crippen LogP contribution in [-0.2, 0) is 9.78 Å². The maximum atomic E-state index is 5.37. The molecule has 0 aliphatic rings. The molecule has 0 heterocycles. The van der Waals surface area contributed by atoms with Gasteiger partial charge in [0.1, 0.15) is 0 Å². The molecule has 0 aliphatic heterocycles. The molecule has 2 unspecified atom stereocenters. The molecule has 0 amide bonds. The fraction of sp³-hybridized carbons (Fsp3) is 0.586. The minimum atomic E-state index is 0.625. The van der Waals surface area contributed by atoms with Crippen molar-refractivity contribution in [3.05, 3.63) is 71.8 Å². The molecule has 172 valence electrons. The summed E-state index contributed by atoms with van der Waals surface area (Å²) < 4.78 is 0. The second-order valence-electron chi connectivity index (χ2n) is 8.78. The Labute approximate surface area is 191 Å². The average molecular weight is 425 g/mol. The van der Waals surface area contributed by atoms with Crippen LogP contribution in [0.3, 0.4) is 0 Å². The van der Waals surface area contributed by atoms with Gasteiger partial charge in [-0.05, 0) is 61.5 Å². The fourth-order valence-electron chi connectivity index (χ4n) is 4.34. The molecule has 2 nitrogen and oxygen atoms in total. The van der Waals surface area contributed by atoms with Gasteiger partial charge in [0.15, 0.2) is 0 Å². The van der Waals surface area contributed by atoms with E-state index in [2.05, 4.69) is 74.5 Å². The van der Waals surface area contributed by atoms with Gasteiger partial charge in [-0.15, -0.1) is 0 Å². The van der Waals surface area contributed by atoms with E-state index in [-0.39, 0.29) is 0 Å². The summed E-state index contributed by atoms with van der Waals surface area (Å²) in [5.74, 6) is 1.30. The van der Waals surface area contributed by atoms with Crippen LogP contribution in [0.25, 0.3) is 0 Å². The summed E-state index contributed by atoms with van der Waals surface area (Å²) in [7, 11) is 0. The maximum Gasteiger partial charge on any atom is 0.0822 e. The summed E-state index contributed by atoms with van der Waals surface area (Å²) in [6.45, 7) is 5.93. The van der Waals surface area contributed by atoms with Crippen molar-refractivity contribution in [3.8, 4) is 0 Å². The second kappa shape index (κ2) is 17.0. The first kappa shape index (κ1) is 25.6. The third-order valence-corrected chi connectivity index (χ3v) is 6.26. The molecule has 2 rings (SSSR count). The Bertz CT molecular complexity index is 640. The van der Waals surface area contributed by atoms with Crippen LogP contribution >= 0.6 is 0 Å². The zero-order valence-corrected chi connectivity index (χ0v) is 19.9. The molecule has 0 saturated heterocycles. The normalized spacial score (nSPS) is 13.2. The molecular formula is C29H44O2. The quantitative estimate of drug-likeness (QED) is 0.135. The lowest BCUT2D eigenvalue weighted by Crippen LogP contribution is -2.06. The summed E-state index contributed by atoms with van der Waals surface area (Å²) in [6.07, 6.45) is 13.4. The van der Waals surface area contributed by atoms with E-state index >= 15 is 0 Å². The molecule has 0 aromatic heterocycles. The maximum absolute atomic E-state index is 5.37. The van der Waals surface area contributed by atoms with Crippen LogP contribution in [0.4, 0.5) is 0 Å². The van der Waals surface area contributed by atoms with Crippen molar-refractivity contribution in [3.63, 3.8) is 0 Å². The third kappa shape index (κ3) is 11.0. The first-order valence-corrected chi connectivity index (χ1v) is 12.7. The highest BCUT2D eigenvalue weighted by molar-refractivity contribution is 5.21. The summed E-state index contributed by atoms with van der Waals surface area (Å²) in [5.41, 5.74) is 3.00. The van der Waals surface area contributed by atoms with Gasteiger partial charge in [0.05, 0.1) is 13.2 Å². The number of hydrogen-bond acceptors (Lipinski definition) is 2. The number of hydrogen-bond donors (Lipinski definition) is 0. The first-order chi connectivity index (χ1) is 15.3. The molecule has 0 spiro atoms. The van der Waals surface area contributed by atoms with Gasteiger partial charge in [0.2, 0.25) is 0 Å². The Hall–Kier alpha value is -1.64. The molecule has 0 fully saturated rings. The van der Waals surface area contributed by atoms with E-state index in [1.807, 2.05) is 0 Å². The van der Waals surface area contributed by atoms with Gasteiger partial charge in [0.25, 0.3) is 0 Å². The summed E-state index contributed by atoms with van der Waals surface area (Å²) >= 11 is 0. The van der Waals surface area contributed by atoms with Crippen molar-refractivity contribution >= 4 is 0 Å². The summed E-state index contributed by atoms with van der Waals surface area (Å²) in [5, 5.41) is 0. The van der Waals surface area contributed by atoms with Crippen molar-refractivity contribution < 1.29 is 9.78 Å². The van der Waals surface area contributed by atoms with Crippen LogP contribution in [0.1, 0.15) is 107 Å². The van der Waals surface area contributed by atoms with Crippen molar-refractivity contribution in [2.45, 2.75) is 96.3 Å². The topological polar surface area (TPSA) is 18.5 Å². The molecule has 31 heavy (non-hydrogen) atoms. The molecule has 0 N–H and O–H groups in total. The Morgan fingerprint density at radius 1 is 0.516 bits per heavy atom. The van der Waals surface area contributed by atoms with Gasteiger partial charge >= 0.3 is 0 Å². The average Bonchev–Trinajstić information content (AvgIpc) is 2.82. The molecule has 2 atom stereocenters. The molecule has 0 bridgehead atoms. The van der Waals surface area contributed by atoms with Crippen molar-refractivity contribution in [2.24, 2.45) is 0 Å². The molecule has 0 aliphatic carbocycles. The predicted molar refractivity (Wildman–Crippen MR) is 132 cm³/mol. The highest BCUT2D eigenvalue weighted by atomic mass is 17.2. The Balaban J connectivity index is 1.82. The molecule has 2 aromatic carbocycles. The SMILES string of the molecule is CCCCCOOCCCCC(CCC(CCCC)c1ccccc1)c1ccccc1. The van der Waals surface area contributed by atoms with Crippen LogP contribution in [0.15, 0.2) is 60.7 Å². The van der Waals surface area contributed by atoms with Crippen LogP contribution < -0.4 is 0 Å². The van der Waals surface area contributed by atoms with Gasteiger partial charge in [-0.3, -0.25) is 0 Å². The summed E-state index contributed by atoms with van der Waals surface area (Å²) in [4.78, 5) is 10.7. The summed E-state index contributed by atoms with van der Waals surface area (Å²) in [6, 6.07) is 22.2. The van der Waals surface area contributed by atoms with Crippen molar-refractivity contribution in [2.75, 3.05) is 13.2 Å². The van der Waals surface area contributed by atoms with Crippen LogP contribution in [0, 0.1) is 0 Å². The van der Waals surface area contributed by atoms with Gasteiger partial charge in [0, 0.05) is 0 Å². The van der Waals surface area contributed by atoms with Crippen LogP contribution in [0.2, 0.25) is 0 Å². The molecule has 2 heteroatoms. The highest BCUT2D eigenvalue weighted by Gasteiger charge is 2.16. The number of rotatable bonds is 18. The molecule has 0 saturated carbocycles. The Morgan fingerprint density at radius 3 is 1.45 bits per heavy atom. The van der Waals surface area contributed by atoms with E-state index in [1.54, 1.807) is 0 Å². The highest BCUT2D eigenvalue weighted by Crippen LogP contribution is 2.34. The number of unbranched alkanes of at least 4 members (excludes halogenated alkanes) is 4. The Kier molecular flexibility index (Phi) is 14.0. The Morgan fingerprint density at radius 2 is 0.968 bits per heavy atom. The minimum absolute atomic E-state index is 0.625. The van der Waals surface area contributed by atoms with E-state index in [1.165, 1.54) is 68.9 Å². The smallest absolute Gasteiger partial charge is 0.0822 e. The van der Waals surface area contributed by atoms with Crippen LogP contribution in [-0.4, -0.2) is 13.2 Å². The molecule has 0 radical (unpaired) electrons. The van der Waals surface area contributed by atoms with Gasteiger partial charge in [-0.25, -0.2) is 9.78 Å². The number of benzene rings is 2. The van der Waals surface area contributed by atoms with E-state index < -0.39 is 0 Å². The van der Waals surface area contributed by atoms with E-state index in [0.717, 1.165) is 19.4 Å². The minimum Gasteiger partial charge on any atom is -0.237 e. The standard InChI is InChI=1S/C29H44O2/c1-3-5-14-24-30-31-25-15-13-21-29(27-19-11-8-12-20-27)23-22-28(16-6-4-2)26-17-9-7-10-18-26/h7-12,17-20,28-29H,3-6,13-16,21-25H2,1-2H3. The van der Waals surface area contributed by atoms with Crippen molar-refractivity contribution in [1.82, 2.24) is 0 Å². The lowest BCUT2D eigenvalue weighted by atomic mass is 9.83. The van der Waals surface area contributed by atoms with Gasteiger partial charge in [-0.2, -0.15) is 0 Å². The lowest BCUT2D eigenvalue weighted by Gasteiger charge is -2.22. The predicted octanol–water partition coefficient (Wildman–Crippen LogP) is 8.83. The van der Waals surface area contributed by atoms with E-state index in [9.17, 15) is 0 Å². The van der Waals surface area contributed by atoms with Crippen molar-refractivity contribution in [1.29, 1.82) is 0 Å². The third-order valence-electron chi connectivity index (χ3n) is 6.26. The van der Waals surface area contributed by atoms with E-state index in [4.69, 9.17) is 9.78 Å². The molecular weight excluding hydrogens is 380 g/mol. The zero-order chi connectivity index (χ0) is 22.0. The second-order valence-corrected chi connectivity index (χ2v) is 8.78. The zero-order valence-electron chi connectivity index (χ0n) is 19.9. The largest absolute Gasteiger partial charge is 0.237 e. The lowest BCUT2D eigenvalue weighted by molar-refractivity contribution is -0.295. The van der Waals surface area contributed by atoms with Gasteiger partial charge < -0.3 is 0 Å². The van der Waals surface area contributed by atoms with E-state index in [0.29, 0.717) is 18.4 Å². The van der Waals surface area contributed by atoms with Crippen LogP contribution in [0.5, 0.6) is 0 Å². The molecule has 2 aromatic rings. The monoisotopic (exact) mass is 424 g/mol. The fourth-order valence-corrected chi connectivity index (χ4v) is 4.34. The van der Waals surface area contributed by atoms with Gasteiger partial charge in [-0.1, -0.05) is 107 Å².